The highest BCUT2D eigenvalue weighted by molar-refractivity contribution is 8.14. The predicted molar refractivity (Wildman–Crippen MR) is 122 cm³/mol. The molecule has 1 aliphatic heterocycles. The highest BCUT2D eigenvalue weighted by Crippen LogP contribution is 2.54. The van der Waals surface area contributed by atoms with Gasteiger partial charge in [0.15, 0.2) is 17.6 Å². The average molecular weight is 455 g/mol. The van der Waals surface area contributed by atoms with Crippen LogP contribution in [0.4, 0.5) is 20.3 Å². The van der Waals surface area contributed by atoms with Gasteiger partial charge in [-0.15, -0.1) is 6.42 Å². The number of rotatable bonds is 5. The molecule has 2 aliphatic rings. The zero-order valence-corrected chi connectivity index (χ0v) is 17.9. The minimum absolute atomic E-state index is 0.114. The van der Waals surface area contributed by atoms with Crippen molar-refractivity contribution >= 4 is 39.5 Å². The largest absolute Gasteiger partial charge is 0.463 e. The number of pyridine rings is 1. The number of thioether (sulfide) groups is 1. The Labute approximate surface area is 187 Å². The van der Waals surface area contributed by atoms with Crippen LogP contribution < -0.4 is 15.8 Å². The summed E-state index contributed by atoms with van der Waals surface area (Å²) in [5.41, 5.74) is 8.31. The molecule has 0 spiro atoms. The Kier molecular flexibility index (Phi) is 6.37. The van der Waals surface area contributed by atoms with Crippen molar-refractivity contribution in [1.82, 2.24) is 15.0 Å². The summed E-state index contributed by atoms with van der Waals surface area (Å²) in [6.07, 6.45) is 9.32. The standard InChI is InChI=1S/C21H17FN6OS.CH3F/c1-2-7-29-17-10-25-19-15(27-17)5-6-24-20(19)26-11-3-4-14(22)12(8-11)18-13-9-16(13)30-21(23)28-18;1-2/h1,3-6,8,10,13,16,18H,7,9H2,(H2,23,28)(H,24,26);1H3. The van der Waals surface area contributed by atoms with Crippen LogP contribution in [0, 0.1) is 24.1 Å². The number of terminal acetylenes is 1. The third-order valence-corrected chi connectivity index (χ3v) is 6.23. The van der Waals surface area contributed by atoms with Crippen molar-refractivity contribution in [2.75, 3.05) is 19.1 Å². The molecule has 0 saturated heterocycles. The second kappa shape index (κ2) is 9.36. The van der Waals surface area contributed by atoms with Crippen LogP contribution in [0.15, 0.2) is 41.7 Å². The monoisotopic (exact) mass is 454 g/mol. The third-order valence-electron chi connectivity index (χ3n) is 5.04. The van der Waals surface area contributed by atoms with E-state index in [1.54, 1.807) is 36.2 Å². The Bertz CT molecular complexity index is 1210. The lowest BCUT2D eigenvalue weighted by atomic mass is 10.0. The van der Waals surface area contributed by atoms with Crippen molar-refractivity contribution in [3.63, 3.8) is 0 Å². The van der Waals surface area contributed by atoms with Gasteiger partial charge in [-0.3, -0.25) is 9.38 Å². The summed E-state index contributed by atoms with van der Waals surface area (Å²) >= 11 is 1.58. The fourth-order valence-electron chi connectivity index (χ4n) is 3.57. The van der Waals surface area contributed by atoms with E-state index in [0.717, 1.165) is 6.42 Å². The summed E-state index contributed by atoms with van der Waals surface area (Å²) in [6, 6.07) is 6.34. The highest BCUT2D eigenvalue weighted by Gasteiger charge is 2.48. The zero-order chi connectivity index (χ0) is 22.7. The van der Waals surface area contributed by atoms with Crippen LogP contribution in [-0.4, -0.2) is 39.2 Å². The molecule has 3 aromatic rings. The molecular formula is C22H20F2N6OS. The zero-order valence-electron chi connectivity index (χ0n) is 17.1. The van der Waals surface area contributed by atoms with Gasteiger partial charge in [-0.2, -0.15) is 0 Å². The lowest BCUT2D eigenvalue weighted by Gasteiger charge is -2.19. The van der Waals surface area contributed by atoms with Crippen molar-refractivity contribution in [2.24, 2.45) is 16.6 Å². The van der Waals surface area contributed by atoms with Gasteiger partial charge in [0.2, 0.25) is 5.88 Å². The number of fused-ring (bicyclic) bond motifs is 2. The first-order chi connectivity index (χ1) is 15.6. The van der Waals surface area contributed by atoms with Gasteiger partial charge in [0.05, 0.1) is 24.9 Å². The number of nitrogens with two attached hydrogens (primary N) is 1. The summed E-state index contributed by atoms with van der Waals surface area (Å²) in [6.45, 7) is 0.114. The second-order valence-electron chi connectivity index (χ2n) is 7.06. The van der Waals surface area contributed by atoms with Gasteiger partial charge in [0.1, 0.15) is 11.3 Å². The van der Waals surface area contributed by atoms with Gasteiger partial charge in [-0.05, 0) is 36.6 Å². The number of nitrogens with one attached hydrogen (secondary N) is 1. The fraction of sp³-hybridized carbons (Fsp3) is 0.273. The van der Waals surface area contributed by atoms with E-state index < -0.39 is 0 Å². The molecule has 0 radical (unpaired) electrons. The summed E-state index contributed by atoms with van der Waals surface area (Å²) in [7, 11) is 0.500. The maximum Gasteiger partial charge on any atom is 0.233 e. The number of amidine groups is 1. The lowest BCUT2D eigenvalue weighted by molar-refractivity contribution is 0.355. The number of ether oxygens (including phenoxy) is 1. The van der Waals surface area contributed by atoms with E-state index in [0.29, 0.717) is 57.5 Å². The van der Waals surface area contributed by atoms with Gasteiger partial charge in [0, 0.05) is 22.7 Å². The number of aliphatic imine (C=N–C) groups is 1. The second-order valence-corrected chi connectivity index (χ2v) is 8.32. The van der Waals surface area contributed by atoms with Gasteiger partial charge in [-0.1, -0.05) is 17.7 Å². The normalized spacial score (nSPS) is 20.8. The Morgan fingerprint density at radius 1 is 1.31 bits per heavy atom. The Balaban J connectivity index is 0.00000119. The molecule has 3 heterocycles. The van der Waals surface area contributed by atoms with Gasteiger partial charge in [0.25, 0.3) is 0 Å². The summed E-state index contributed by atoms with van der Waals surface area (Å²) in [5.74, 6) is 3.27. The quantitative estimate of drug-likeness (QED) is 0.563. The van der Waals surface area contributed by atoms with Crippen molar-refractivity contribution in [3.8, 4) is 18.2 Å². The highest BCUT2D eigenvalue weighted by atomic mass is 32.2. The first-order valence-electron chi connectivity index (χ1n) is 9.74. The molecule has 3 atom stereocenters. The maximum absolute atomic E-state index is 14.6. The molecule has 1 aromatic carbocycles. The first kappa shape index (κ1) is 21.8. The molecule has 1 fully saturated rings. The number of benzene rings is 1. The topological polar surface area (TPSA) is 98.3 Å². The molecule has 3 N–H and O–H groups in total. The van der Waals surface area contributed by atoms with Gasteiger partial charge in [-0.25, -0.2) is 19.3 Å². The number of anilines is 2. The molecule has 0 amide bonds. The molecule has 32 heavy (non-hydrogen) atoms. The Morgan fingerprint density at radius 2 is 2.16 bits per heavy atom. The number of hydrogen-bond donors (Lipinski definition) is 2. The number of halogens is 2. The molecule has 0 bridgehead atoms. The van der Waals surface area contributed by atoms with Crippen LogP contribution in [0.3, 0.4) is 0 Å². The average Bonchev–Trinajstić information content (AvgIpc) is 3.59. The minimum Gasteiger partial charge on any atom is -0.463 e. The number of aromatic nitrogens is 3. The number of alkyl halides is 1. The van der Waals surface area contributed by atoms with Crippen molar-refractivity contribution in [1.29, 1.82) is 0 Å². The molecule has 7 nitrogen and oxygen atoms in total. The van der Waals surface area contributed by atoms with Crippen molar-refractivity contribution < 1.29 is 13.5 Å². The summed E-state index contributed by atoms with van der Waals surface area (Å²) in [4.78, 5) is 17.6. The van der Waals surface area contributed by atoms with Crippen LogP contribution in [0.1, 0.15) is 18.0 Å². The molecular weight excluding hydrogens is 434 g/mol. The molecule has 164 valence electrons. The SMILES string of the molecule is C#CCOc1cnc2c(Nc3ccc(F)c(C4N=C(N)SC5CC54)c3)nccc2n1.CF. The van der Waals surface area contributed by atoms with Crippen molar-refractivity contribution in [3.05, 3.63) is 48.0 Å². The first-order valence-corrected chi connectivity index (χ1v) is 10.6. The number of nitrogens with zero attached hydrogens (tertiary/aromatic N) is 4. The molecule has 1 saturated carbocycles. The maximum atomic E-state index is 14.6. The van der Waals surface area contributed by atoms with Crippen molar-refractivity contribution in [2.45, 2.75) is 17.7 Å². The van der Waals surface area contributed by atoms with Crippen LogP contribution >= 0.6 is 11.8 Å². The molecule has 2 aromatic heterocycles. The van der Waals surface area contributed by atoms with Crippen LogP contribution in [0.25, 0.3) is 11.0 Å². The van der Waals surface area contributed by atoms with E-state index in [1.165, 1.54) is 12.3 Å². The Morgan fingerprint density at radius 3 is 2.97 bits per heavy atom. The fourth-order valence-corrected chi connectivity index (χ4v) is 4.69. The summed E-state index contributed by atoms with van der Waals surface area (Å²) < 4.78 is 29.4. The third kappa shape index (κ3) is 4.43. The van der Waals surface area contributed by atoms with E-state index in [4.69, 9.17) is 16.9 Å². The molecule has 1 aliphatic carbocycles. The molecule has 10 heteroatoms. The van der Waals surface area contributed by atoms with Gasteiger partial charge < -0.3 is 15.8 Å². The van der Waals surface area contributed by atoms with Crippen LogP contribution in [-0.2, 0) is 0 Å². The Hall–Kier alpha value is -3.45. The van der Waals surface area contributed by atoms with E-state index in [2.05, 4.69) is 31.2 Å². The van der Waals surface area contributed by atoms with Crippen LogP contribution in [0.5, 0.6) is 5.88 Å². The summed E-state index contributed by atoms with van der Waals surface area (Å²) in [5, 5.41) is 4.17. The number of hydrogen-bond acceptors (Lipinski definition) is 8. The molecule has 3 unspecified atom stereocenters. The molecule has 5 rings (SSSR count). The predicted octanol–water partition coefficient (Wildman–Crippen LogP) is 4.00. The van der Waals surface area contributed by atoms with E-state index >= 15 is 0 Å². The van der Waals surface area contributed by atoms with E-state index in [9.17, 15) is 8.78 Å². The smallest absolute Gasteiger partial charge is 0.233 e. The minimum atomic E-state index is -0.291. The van der Waals surface area contributed by atoms with E-state index in [-0.39, 0.29) is 18.5 Å². The van der Waals surface area contributed by atoms with E-state index in [1.807, 2.05) is 0 Å². The lowest BCUT2D eigenvalue weighted by Crippen LogP contribution is -2.17. The van der Waals surface area contributed by atoms with Gasteiger partial charge >= 0.3 is 0 Å². The van der Waals surface area contributed by atoms with Crippen LogP contribution in [0.2, 0.25) is 0 Å².